The van der Waals surface area contributed by atoms with Gasteiger partial charge in [-0.25, -0.2) is 0 Å². The van der Waals surface area contributed by atoms with Gasteiger partial charge in [0.25, 0.3) is 0 Å². The van der Waals surface area contributed by atoms with Crippen LogP contribution in [0.5, 0.6) is 0 Å². The van der Waals surface area contributed by atoms with Crippen LogP contribution < -0.4 is 10.6 Å². The van der Waals surface area contributed by atoms with Crippen LogP contribution in [0.2, 0.25) is 0 Å². The van der Waals surface area contributed by atoms with E-state index in [4.69, 9.17) is 4.74 Å². The molecule has 1 atom stereocenters. The maximum Gasteiger partial charge on any atom is 0.325 e. The predicted molar refractivity (Wildman–Crippen MR) is 63.4 cm³/mol. The van der Waals surface area contributed by atoms with Crippen LogP contribution in [0.4, 0.5) is 0 Å². The van der Waals surface area contributed by atoms with E-state index in [1.807, 2.05) is 11.8 Å². The zero-order valence-electron chi connectivity index (χ0n) is 9.45. The van der Waals surface area contributed by atoms with Gasteiger partial charge in [0.05, 0.1) is 6.61 Å². The molecule has 0 spiro atoms. The van der Waals surface area contributed by atoms with E-state index >= 15 is 0 Å². The Labute approximate surface area is 99.7 Å². The van der Waals surface area contributed by atoms with Crippen molar-refractivity contribution < 1.29 is 14.3 Å². The summed E-state index contributed by atoms with van der Waals surface area (Å²) in [5.74, 6) is 1.56. The average molecular weight is 246 g/mol. The largest absolute Gasteiger partial charge is 0.465 e. The van der Waals surface area contributed by atoms with Crippen molar-refractivity contribution in [2.75, 3.05) is 31.2 Å². The normalized spacial score (nSPS) is 20.2. The van der Waals surface area contributed by atoms with Crippen LogP contribution in [0.25, 0.3) is 0 Å². The molecule has 0 aliphatic carbocycles. The predicted octanol–water partition coefficient (Wildman–Crippen LogP) is -0.239. The molecule has 1 aliphatic heterocycles. The van der Waals surface area contributed by atoms with Crippen molar-refractivity contribution in [3.05, 3.63) is 0 Å². The van der Waals surface area contributed by atoms with E-state index in [1.165, 1.54) is 0 Å². The molecule has 0 aromatic heterocycles. The molecule has 0 radical (unpaired) electrons. The summed E-state index contributed by atoms with van der Waals surface area (Å²) in [6.45, 7) is 2.99. The molecule has 0 aromatic carbocycles. The lowest BCUT2D eigenvalue weighted by atomic mass is 10.2. The molecule has 1 aliphatic rings. The van der Waals surface area contributed by atoms with Crippen LogP contribution in [0.15, 0.2) is 0 Å². The molecule has 16 heavy (non-hydrogen) atoms. The summed E-state index contributed by atoms with van der Waals surface area (Å²) >= 11 is 1.84. The van der Waals surface area contributed by atoms with E-state index in [0.717, 1.165) is 18.1 Å². The van der Waals surface area contributed by atoms with E-state index in [2.05, 4.69) is 10.6 Å². The Kier molecular flexibility index (Phi) is 6.25. The summed E-state index contributed by atoms with van der Waals surface area (Å²) in [6.07, 6.45) is 0.423. The molecule has 1 fully saturated rings. The number of hydrogen-bond acceptors (Lipinski definition) is 5. The SMILES string of the molecule is CCOC(=O)CNC(=O)CC1CSCCN1. The van der Waals surface area contributed by atoms with Crippen LogP contribution in [0.3, 0.4) is 0 Å². The Morgan fingerprint density at radius 1 is 1.56 bits per heavy atom. The number of esters is 1. The van der Waals surface area contributed by atoms with Crippen molar-refractivity contribution in [2.24, 2.45) is 0 Å². The molecule has 1 rings (SSSR count). The number of carbonyl (C=O) groups is 2. The third kappa shape index (κ3) is 5.37. The van der Waals surface area contributed by atoms with Crippen molar-refractivity contribution in [2.45, 2.75) is 19.4 Å². The van der Waals surface area contributed by atoms with Crippen molar-refractivity contribution in [1.29, 1.82) is 0 Å². The fraction of sp³-hybridized carbons (Fsp3) is 0.800. The summed E-state index contributed by atoms with van der Waals surface area (Å²) in [5, 5.41) is 5.82. The fourth-order valence-electron chi connectivity index (χ4n) is 1.43. The first kappa shape index (κ1) is 13.3. The quantitative estimate of drug-likeness (QED) is 0.655. The van der Waals surface area contributed by atoms with Gasteiger partial charge in [0.1, 0.15) is 6.54 Å². The molecule has 2 N–H and O–H groups in total. The lowest BCUT2D eigenvalue weighted by Crippen LogP contribution is -2.42. The van der Waals surface area contributed by atoms with Gasteiger partial charge in [-0.3, -0.25) is 9.59 Å². The minimum atomic E-state index is -0.387. The van der Waals surface area contributed by atoms with Gasteiger partial charge in [-0.15, -0.1) is 0 Å². The Hall–Kier alpha value is -0.750. The molecule has 6 heteroatoms. The van der Waals surface area contributed by atoms with Crippen LogP contribution in [-0.4, -0.2) is 49.1 Å². The lowest BCUT2D eigenvalue weighted by Gasteiger charge is -2.22. The molecule has 5 nitrogen and oxygen atoms in total. The number of thioether (sulfide) groups is 1. The molecular weight excluding hydrogens is 228 g/mol. The van der Waals surface area contributed by atoms with Crippen LogP contribution in [-0.2, 0) is 14.3 Å². The number of hydrogen-bond donors (Lipinski definition) is 2. The Balaban J connectivity index is 2.12. The van der Waals surface area contributed by atoms with E-state index < -0.39 is 0 Å². The standard InChI is InChI=1S/C10H18N2O3S/c1-2-15-10(14)6-12-9(13)5-8-7-16-4-3-11-8/h8,11H,2-7H2,1H3,(H,12,13). The van der Waals surface area contributed by atoms with Gasteiger partial charge >= 0.3 is 5.97 Å². The van der Waals surface area contributed by atoms with Crippen molar-refractivity contribution >= 4 is 23.6 Å². The van der Waals surface area contributed by atoms with Crippen LogP contribution in [0, 0.1) is 0 Å². The molecule has 0 aromatic rings. The third-order valence-corrected chi connectivity index (χ3v) is 3.30. The van der Waals surface area contributed by atoms with E-state index in [0.29, 0.717) is 13.0 Å². The molecule has 1 saturated heterocycles. The summed E-state index contributed by atoms with van der Waals surface area (Å²) in [5.41, 5.74) is 0. The molecule has 1 amide bonds. The second-order valence-electron chi connectivity index (χ2n) is 3.51. The molecule has 0 bridgehead atoms. The highest BCUT2D eigenvalue weighted by Gasteiger charge is 2.16. The summed E-state index contributed by atoms with van der Waals surface area (Å²) in [7, 11) is 0. The van der Waals surface area contributed by atoms with Gasteiger partial charge in [0, 0.05) is 30.5 Å². The van der Waals surface area contributed by atoms with Crippen molar-refractivity contribution in [3.8, 4) is 0 Å². The number of amides is 1. The molecule has 0 saturated carbocycles. The molecular formula is C10H18N2O3S. The Morgan fingerprint density at radius 3 is 3.00 bits per heavy atom. The second kappa shape index (κ2) is 7.51. The minimum Gasteiger partial charge on any atom is -0.465 e. The Morgan fingerprint density at radius 2 is 2.38 bits per heavy atom. The number of ether oxygens (including phenoxy) is 1. The molecule has 92 valence electrons. The minimum absolute atomic E-state index is 0.0352. The fourth-order valence-corrected chi connectivity index (χ4v) is 2.38. The van der Waals surface area contributed by atoms with Gasteiger partial charge in [-0.2, -0.15) is 11.8 Å². The third-order valence-electron chi connectivity index (χ3n) is 2.17. The highest BCUT2D eigenvalue weighted by Crippen LogP contribution is 2.09. The second-order valence-corrected chi connectivity index (χ2v) is 4.66. The van der Waals surface area contributed by atoms with Gasteiger partial charge in [-0.1, -0.05) is 0 Å². The zero-order chi connectivity index (χ0) is 11.8. The highest BCUT2D eigenvalue weighted by atomic mass is 32.2. The number of rotatable bonds is 5. The first-order valence-corrected chi connectivity index (χ1v) is 6.61. The topological polar surface area (TPSA) is 67.4 Å². The first-order chi connectivity index (χ1) is 7.72. The zero-order valence-corrected chi connectivity index (χ0v) is 10.3. The van der Waals surface area contributed by atoms with Gasteiger partial charge in [0.15, 0.2) is 0 Å². The molecule has 1 unspecified atom stereocenters. The van der Waals surface area contributed by atoms with Gasteiger partial charge < -0.3 is 15.4 Å². The monoisotopic (exact) mass is 246 g/mol. The van der Waals surface area contributed by atoms with E-state index in [-0.39, 0.29) is 24.5 Å². The van der Waals surface area contributed by atoms with Crippen molar-refractivity contribution in [1.82, 2.24) is 10.6 Å². The van der Waals surface area contributed by atoms with E-state index in [9.17, 15) is 9.59 Å². The smallest absolute Gasteiger partial charge is 0.325 e. The first-order valence-electron chi connectivity index (χ1n) is 5.45. The van der Waals surface area contributed by atoms with E-state index in [1.54, 1.807) is 6.92 Å². The van der Waals surface area contributed by atoms with Crippen molar-refractivity contribution in [3.63, 3.8) is 0 Å². The maximum atomic E-state index is 11.5. The summed E-state index contributed by atoms with van der Waals surface area (Å²) < 4.78 is 4.71. The summed E-state index contributed by atoms with van der Waals surface area (Å²) in [6, 6.07) is 0.223. The number of carbonyl (C=O) groups excluding carboxylic acids is 2. The van der Waals surface area contributed by atoms with Crippen LogP contribution in [0.1, 0.15) is 13.3 Å². The Bertz CT molecular complexity index is 242. The highest BCUT2D eigenvalue weighted by molar-refractivity contribution is 7.99. The van der Waals surface area contributed by atoms with Crippen LogP contribution >= 0.6 is 11.8 Å². The van der Waals surface area contributed by atoms with Gasteiger partial charge in [0.2, 0.25) is 5.91 Å². The average Bonchev–Trinajstić information content (AvgIpc) is 2.28. The molecule has 1 heterocycles. The van der Waals surface area contributed by atoms with Gasteiger partial charge in [-0.05, 0) is 6.92 Å². The summed E-state index contributed by atoms with van der Waals surface area (Å²) in [4.78, 5) is 22.4. The lowest BCUT2D eigenvalue weighted by molar-refractivity contribution is -0.143. The maximum absolute atomic E-state index is 11.5. The number of nitrogens with one attached hydrogen (secondary N) is 2.